The number of amides is 6. The van der Waals surface area contributed by atoms with E-state index in [2.05, 4.69) is 34.4 Å². The molecule has 0 radical (unpaired) electrons. The van der Waals surface area contributed by atoms with Gasteiger partial charge in [-0.15, -0.1) is 26.1 Å². The summed E-state index contributed by atoms with van der Waals surface area (Å²) in [6, 6.07) is -3.99. The van der Waals surface area contributed by atoms with Crippen LogP contribution in [-0.2, 0) is 83.1 Å². The number of esters is 2. The van der Waals surface area contributed by atoms with Crippen LogP contribution in [0.3, 0.4) is 0 Å². The molecule has 2 heterocycles. The van der Waals surface area contributed by atoms with Crippen molar-refractivity contribution in [1.29, 1.82) is 0 Å². The topological polar surface area (TPSA) is 271 Å². The number of hydrogen-bond donors (Lipinski definition) is 4. The normalized spacial score (nSPS) is 25.2. The van der Waals surface area contributed by atoms with Gasteiger partial charge in [-0.3, -0.25) is 23.4 Å². The molecule has 2 saturated heterocycles. The number of ether oxygens (including phenoxy) is 4. The zero-order chi connectivity index (χ0) is 54.5. The largest absolute Gasteiger partial charge is 0.464 e. The van der Waals surface area contributed by atoms with Crippen molar-refractivity contribution in [3.63, 3.8) is 0 Å². The summed E-state index contributed by atoms with van der Waals surface area (Å²) < 4.78 is 49.7. The zero-order valence-corrected chi connectivity index (χ0v) is 48.4. The van der Waals surface area contributed by atoms with Crippen LogP contribution in [-0.4, -0.2) is 151 Å². The molecule has 21 nitrogen and oxygen atoms in total. The fourth-order valence-electron chi connectivity index (χ4n) is 8.33. The molecule has 416 valence electrons. The first kappa shape index (κ1) is 66.5. The van der Waals surface area contributed by atoms with Gasteiger partial charge in [0.2, 0.25) is 23.6 Å². The van der Waals surface area contributed by atoms with Gasteiger partial charge < -0.3 is 56.4 Å². The molecule has 9 atom stereocenters. The van der Waals surface area contributed by atoms with Crippen molar-refractivity contribution in [2.45, 2.75) is 183 Å². The average molecular weight is 1220 g/mol. The number of alkyl carbamates (subject to hydrolysis) is 2. The molecule has 2 aliphatic heterocycles. The van der Waals surface area contributed by atoms with Crippen LogP contribution in [0.5, 0.6) is 0 Å². The molecule has 0 aromatic carbocycles. The van der Waals surface area contributed by atoms with Gasteiger partial charge in [0.1, 0.15) is 40.4 Å². The molecule has 0 spiro atoms. The van der Waals surface area contributed by atoms with Gasteiger partial charge in [0.05, 0.1) is 31.6 Å². The molecule has 4 N–H and O–H groups in total. The Morgan fingerprint density at radius 2 is 1.07 bits per heavy atom. The van der Waals surface area contributed by atoms with E-state index in [0.29, 0.717) is 12.8 Å². The number of hydrogen-bond acceptors (Lipinski definition) is 15. The number of rotatable bonds is 16. The second kappa shape index (κ2) is 25.3. The summed E-state index contributed by atoms with van der Waals surface area (Å²) in [7, 11) is -3.90. The van der Waals surface area contributed by atoms with Crippen molar-refractivity contribution in [1.82, 2.24) is 31.1 Å². The van der Waals surface area contributed by atoms with E-state index in [1.807, 2.05) is 27.2 Å². The molecule has 2 aliphatic carbocycles. The third kappa shape index (κ3) is 18.1. The fourth-order valence-corrected chi connectivity index (χ4v) is 8.97. The van der Waals surface area contributed by atoms with E-state index in [4.69, 9.17) is 23.1 Å². The molecule has 0 bridgehead atoms. The SMILES string of the molecule is C.C=C[C@@H]1C[C@]1(NC(=O)[C@@H]1C[C@H](OS(C)(=O)=O)CN1C(=O)[C@@H](NC(=O)OC(C)(C)C)C(C)(C)C)C(=O)OCC.C=C[C@@H]1C[C@]1(NC(=O)[C@@H]1C[CH-]CN1C(=O)[C@@H](NC(=O)OC(C)(C)C)C(C)(C)C)C(=O)OCC.[W]. The third-order valence-electron chi connectivity index (χ3n) is 12.0. The Kier molecular flexibility index (Phi) is 23.0. The van der Waals surface area contributed by atoms with Crippen molar-refractivity contribution in [2.75, 3.05) is 32.6 Å². The average Bonchev–Trinajstić information content (AvgIpc) is 3.96. The minimum Gasteiger partial charge on any atom is -0.464 e. The third-order valence-corrected chi connectivity index (χ3v) is 12.6. The van der Waals surface area contributed by atoms with Crippen LogP contribution in [0.25, 0.3) is 0 Å². The van der Waals surface area contributed by atoms with E-state index < -0.39 is 115 Å². The summed E-state index contributed by atoms with van der Waals surface area (Å²) in [6.45, 7) is 32.1. The summed E-state index contributed by atoms with van der Waals surface area (Å²) in [6.07, 6.45) is 4.28. The van der Waals surface area contributed by atoms with Gasteiger partial charge in [-0.1, -0.05) is 61.1 Å². The van der Waals surface area contributed by atoms with Gasteiger partial charge >= 0.3 is 24.1 Å². The van der Waals surface area contributed by atoms with Crippen LogP contribution in [0.1, 0.15) is 130 Å². The minimum atomic E-state index is -3.90. The molecular weight excluding hydrogens is 1140 g/mol. The maximum absolute atomic E-state index is 13.8. The van der Waals surface area contributed by atoms with Crippen LogP contribution in [0.4, 0.5) is 9.59 Å². The van der Waals surface area contributed by atoms with Crippen LogP contribution < -0.4 is 21.3 Å². The van der Waals surface area contributed by atoms with Crippen LogP contribution in [0.15, 0.2) is 25.3 Å². The van der Waals surface area contributed by atoms with Crippen molar-refractivity contribution in [2.24, 2.45) is 22.7 Å². The Bertz CT molecular complexity index is 2160. The number of nitrogens with one attached hydrogen (secondary N) is 4. The van der Waals surface area contributed by atoms with Gasteiger partial charge in [0.25, 0.3) is 10.1 Å². The summed E-state index contributed by atoms with van der Waals surface area (Å²) >= 11 is 0. The number of likely N-dealkylation sites (tertiary alicyclic amines) is 2. The maximum Gasteiger partial charge on any atom is 0.408 e. The molecule has 6 amide bonds. The number of carbonyl (C=O) groups excluding carboxylic acids is 8. The van der Waals surface area contributed by atoms with Crippen molar-refractivity contribution in [3.05, 3.63) is 31.7 Å². The molecule has 0 aromatic heterocycles. The standard InChI is InChI=1S/C25H41N3O9S.C24H38N3O6.CH4.W/c1-10-15-13-25(15,21(31)35-11-2)27-19(29)17-12-16(37-38(9,33)34)14-28(17)20(30)18(23(3,4)5)26-22(32)36-24(6,7)8;1-9-15-14-24(15,20(30)32-10-2)26-18(28)16-12-11-13-27(16)19(29)17(22(3,4)5)25-21(31)33-23(6,7)8;;/h10,15-18H,1,11-14H2,2-9H3,(H,26,32)(H,27,29);9,11,15-17H,1,10,12-14H2,2-8H3,(H,25,31)(H,26,28);1H4;/q;-1;;/t15-,16+,17+,18-,25-;15-,16+,17-,24-;;/m11../s1. The molecule has 2 saturated carbocycles. The predicted octanol–water partition coefficient (Wildman–Crippen LogP) is 4.48. The van der Waals surface area contributed by atoms with E-state index >= 15 is 0 Å². The van der Waals surface area contributed by atoms with Gasteiger partial charge in [0, 0.05) is 45.9 Å². The Balaban J connectivity index is 0.000000717. The van der Waals surface area contributed by atoms with E-state index in [1.165, 1.54) is 9.80 Å². The van der Waals surface area contributed by atoms with E-state index in [9.17, 15) is 46.8 Å². The minimum absolute atomic E-state index is 0. The van der Waals surface area contributed by atoms with Gasteiger partial charge in [-0.25, -0.2) is 19.2 Å². The van der Waals surface area contributed by atoms with Crippen molar-refractivity contribution >= 4 is 57.9 Å². The van der Waals surface area contributed by atoms with E-state index in [-0.39, 0.29) is 85.4 Å². The second-order valence-electron chi connectivity index (χ2n) is 22.5. The Morgan fingerprint density at radius 3 is 1.40 bits per heavy atom. The quantitative estimate of drug-likeness (QED) is 0.0546. The summed E-state index contributed by atoms with van der Waals surface area (Å²) in [5, 5.41) is 10.8. The Labute approximate surface area is 447 Å². The van der Waals surface area contributed by atoms with Crippen LogP contribution >= 0.6 is 0 Å². The molecule has 4 rings (SSSR count). The van der Waals surface area contributed by atoms with Gasteiger partial charge in [-0.05, 0) is 79.1 Å². The summed E-state index contributed by atoms with van der Waals surface area (Å²) in [5.41, 5.74) is -5.41. The van der Waals surface area contributed by atoms with Gasteiger partial charge in [-0.2, -0.15) is 8.42 Å². The molecular formula is C50H83N6O15SW-. The van der Waals surface area contributed by atoms with E-state index in [0.717, 1.165) is 6.26 Å². The summed E-state index contributed by atoms with van der Waals surface area (Å²) in [4.78, 5) is 107. The number of nitrogens with zero attached hydrogens (tertiary/aromatic N) is 2. The number of carbonyl (C=O) groups is 8. The van der Waals surface area contributed by atoms with Crippen LogP contribution in [0, 0.1) is 29.1 Å². The summed E-state index contributed by atoms with van der Waals surface area (Å²) in [5.74, 6) is -3.78. The Morgan fingerprint density at radius 1 is 0.685 bits per heavy atom. The van der Waals surface area contributed by atoms with Gasteiger partial charge in [0.15, 0.2) is 0 Å². The van der Waals surface area contributed by atoms with Crippen LogP contribution in [0.2, 0.25) is 0 Å². The smallest absolute Gasteiger partial charge is 0.408 e. The first-order chi connectivity index (χ1) is 32.4. The maximum atomic E-state index is 13.8. The predicted molar refractivity (Wildman–Crippen MR) is 268 cm³/mol. The molecule has 0 aromatic rings. The van der Waals surface area contributed by atoms with Crippen molar-refractivity contribution in [3.8, 4) is 0 Å². The molecule has 4 fully saturated rings. The molecule has 0 unspecified atom stereocenters. The first-order valence-corrected chi connectivity index (χ1v) is 25.7. The first-order valence-electron chi connectivity index (χ1n) is 23.9. The molecule has 23 heteroatoms. The monoisotopic (exact) mass is 1220 g/mol. The molecule has 73 heavy (non-hydrogen) atoms. The van der Waals surface area contributed by atoms with Crippen molar-refractivity contribution < 1.29 is 91.0 Å². The Hall–Kier alpha value is -4.56. The zero-order valence-electron chi connectivity index (χ0n) is 44.7. The second-order valence-corrected chi connectivity index (χ2v) is 24.1. The fraction of sp³-hybridized carbons (Fsp3) is 0.740. The molecule has 4 aliphatic rings. The van der Waals surface area contributed by atoms with E-state index in [1.54, 1.807) is 88.3 Å².